The number of phenols is 1. The lowest BCUT2D eigenvalue weighted by molar-refractivity contribution is -0.119. The number of amides is 1. The van der Waals surface area contributed by atoms with Gasteiger partial charge in [-0.3, -0.25) is 4.79 Å². The molecule has 24 heavy (non-hydrogen) atoms. The first kappa shape index (κ1) is 16.8. The van der Waals surface area contributed by atoms with E-state index in [1.165, 1.54) is 25.5 Å². The molecule has 2 rings (SSSR count). The van der Waals surface area contributed by atoms with Gasteiger partial charge in [-0.2, -0.15) is 0 Å². The molecule has 1 amide bonds. The van der Waals surface area contributed by atoms with Crippen LogP contribution in [-0.4, -0.2) is 18.1 Å². The molecule has 0 saturated carbocycles. The number of nitrogens with zero attached hydrogens (tertiary/aromatic N) is 1. The van der Waals surface area contributed by atoms with E-state index in [2.05, 4.69) is 10.2 Å². The van der Waals surface area contributed by atoms with Crippen LogP contribution >= 0.6 is 0 Å². The minimum atomic E-state index is -0.455. The van der Waals surface area contributed by atoms with E-state index in [0.717, 1.165) is 5.56 Å². The predicted octanol–water partition coefficient (Wildman–Crippen LogP) is 3.72. The molecule has 0 aliphatic heterocycles. The number of ether oxygens (including phenoxy) is 1. The van der Waals surface area contributed by atoms with Crippen molar-refractivity contribution in [2.45, 2.75) is 0 Å². The maximum atomic E-state index is 12.2. The summed E-state index contributed by atoms with van der Waals surface area (Å²) in [5.41, 5.74) is 1.42. The number of nitrogens with one attached hydrogen (secondary N) is 1. The van der Waals surface area contributed by atoms with Crippen molar-refractivity contribution in [3.8, 4) is 5.75 Å². The molecule has 0 atom stereocenters. The number of para-hydroxylation sites is 1. The number of hydrogen-bond acceptors (Lipinski definition) is 3. The number of benzene rings is 2. The van der Waals surface area contributed by atoms with Crippen molar-refractivity contribution in [3.05, 3.63) is 83.0 Å². The molecular weight excluding hydrogens is 304 g/mol. The first-order valence-corrected chi connectivity index (χ1v) is 7.13. The molecule has 2 N–H and O–H groups in total. The van der Waals surface area contributed by atoms with Crippen LogP contribution < -0.4 is 5.32 Å². The number of aromatic hydroxyl groups is 1. The Morgan fingerprint density at radius 2 is 1.96 bits per heavy atom. The van der Waals surface area contributed by atoms with Crippen molar-refractivity contribution in [1.29, 1.82) is 0 Å². The van der Waals surface area contributed by atoms with Crippen LogP contribution in [0.3, 0.4) is 0 Å². The molecule has 120 valence electrons. The lowest BCUT2D eigenvalue weighted by Crippen LogP contribution is -2.20. The number of hydrogen-bond donors (Lipinski definition) is 2. The summed E-state index contributed by atoms with van der Waals surface area (Å²) in [6, 6.07) is 14.2. The van der Waals surface area contributed by atoms with E-state index in [9.17, 15) is 9.90 Å². The Balaban J connectivity index is 2.16. The van der Waals surface area contributed by atoms with Gasteiger partial charge in [-0.25, -0.2) is 4.85 Å². The monoisotopic (exact) mass is 320 g/mol. The second kappa shape index (κ2) is 8.20. The Kier molecular flexibility index (Phi) is 5.76. The SMILES string of the molecule is [C-]#[N+]c1c(O)cccc1/C=C(\OC)C(=O)N/C=C/c1ccccc1. The highest BCUT2D eigenvalue weighted by atomic mass is 16.5. The summed E-state index contributed by atoms with van der Waals surface area (Å²) < 4.78 is 5.09. The van der Waals surface area contributed by atoms with Crippen LogP contribution in [0, 0.1) is 6.57 Å². The number of methoxy groups -OCH3 is 1. The van der Waals surface area contributed by atoms with Crippen LogP contribution in [0.1, 0.15) is 11.1 Å². The van der Waals surface area contributed by atoms with Crippen molar-refractivity contribution >= 4 is 23.7 Å². The zero-order chi connectivity index (χ0) is 17.4. The lowest BCUT2D eigenvalue weighted by atomic mass is 10.1. The van der Waals surface area contributed by atoms with Gasteiger partial charge in [0, 0.05) is 6.20 Å². The second-order valence-electron chi connectivity index (χ2n) is 4.76. The molecule has 5 nitrogen and oxygen atoms in total. The standard InChI is InChI=1S/C19H16N2O3/c1-20-18-15(9-6-10-16(18)22)13-17(24-2)19(23)21-12-11-14-7-4-3-5-8-14/h3-13,22H,2H3,(H,21,23)/b12-11+,17-13-. The van der Waals surface area contributed by atoms with Gasteiger partial charge in [0.15, 0.2) is 5.76 Å². The molecule has 2 aromatic carbocycles. The van der Waals surface area contributed by atoms with Crippen molar-refractivity contribution in [1.82, 2.24) is 5.32 Å². The van der Waals surface area contributed by atoms with Gasteiger partial charge in [-0.15, -0.1) is 0 Å². The normalized spacial score (nSPS) is 11.1. The van der Waals surface area contributed by atoms with Gasteiger partial charge >= 0.3 is 0 Å². The molecule has 0 aliphatic rings. The maximum Gasteiger partial charge on any atom is 0.290 e. The van der Waals surface area contributed by atoms with Crippen molar-refractivity contribution in [2.75, 3.05) is 7.11 Å². The first-order chi connectivity index (χ1) is 11.7. The Hall–Kier alpha value is -3.52. The van der Waals surface area contributed by atoms with E-state index < -0.39 is 5.91 Å². The lowest BCUT2D eigenvalue weighted by Gasteiger charge is -2.06. The molecular formula is C19H16N2O3. The van der Waals surface area contributed by atoms with Gasteiger partial charge in [-0.1, -0.05) is 42.5 Å². The van der Waals surface area contributed by atoms with E-state index in [4.69, 9.17) is 11.3 Å². The van der Waals surface area contributed by atoms with Gasteiger partial charge in [0.25, 0.3) is 5.91 Å². The van der Waals surface area contributed by atoms with Gasteiger partial charge < -0.3 is 15.2 Å². The molecule has 0 aliphatic carbocycles. The Bertz CT molecular complexity index is 818. The Morgan fingerprint density at radius 3 is 2.62 bits per heavy atom. The molecule has 0 heterocycles. The third-order valence-corrected chi connectivity index (χ3v) is 3.18. The Labute approximate surface area is 140 Å². The molecule has 0 spiro atoms. The fraction of sp³-hybridized carbons (Fsp3) is 0.0526. The summed E-state index contributed by atoms with van der Waals surface area (Å²) in [4.78, 5) is 15.4. The highest BCUT2D eigenvalue weighted by molar-refractivity contribution is 5.97. The molecule has 2 aromatic rings. The quantitative estimate of drug-likeness (QED) is 0.501. The summed E-state index contributed by atoms with van der Waals surface area (Å²) in [5, 5.41) is 12.3. The highest BCUT2D eigenvalue weighted by Gasteiger charge is 2.11. The fourth-order valence-electron chi connectivity index (χ4n) is 1.99. The van der Waals surface area contributed by atoms with E-state index in [-0.39, 0.29) is 17.2 Å². The van der Waals surface area contributed by atoms with E-state index in [0.29, 0.717) is 5.56 Å². The average Bonchev–Trinajstić information content (AvgIpc) is 2.60. The van der Waals surface area contributed by atoms with E-state index in [1.807, 2.05) is 30.3 Å². The smallest absolute Gasteiger partial charge is 0.290 e. The highest BCUT2D eigenvalue weighted by Crippen LogP contribution is 2.31. The fourth-order valence-corrected chi connectivity index (χ4v) is 1.99. The van der Waals surface area contributed by atoms with Crippen LogP contribution in [0.15, 0.2) is 60.5 Å². The Morgan fingerprint density at radius 1 is 1.21 bits per heavy atom. The zero-order valence-electron chi connectivity index (χ0n) is 13.1. The number of carbonyl (C=O) groups excluding carboxylic acids is 1. The van der Waals surface area contributed by atoms with Crippen molar-refractivity contribution in [2.24, 2.45) is 0 Å². The third kappa shape index (κ3) is 4.24. The number of rotatable bonds is 5. The predicted molar refractivity (Wildman–Crippen MR) is 93.0 cm³/mol. The maximum absolute atomic E-state index is 12.2. The van der Waals surface area contributed by atoms with Gasteiger partial charge in [-0.05, 0) is 29.3 Å². The average molecular weight is 320 g/mol. The third-order valence-electron chi connectivity index (χ3n) is 3.18. The summed E-state index contributed by atoms with van der Waals surface area (Å²) in [6.07, 6.45) is 4.69. The largest absolute Gasteiger partial charge is 0.519 e. The molecule has 0 saturated heterocycles. The number of phenolic OH excluding ortho intramolecular Hbond substituents is 1. The molecule has 0 unspecified atom stereocenters. The van der Waals surface area contributed by atoms with Crippen LogP contribution in [0.4, 0.5) is 5.69 Å². The van der Waals surface area contributed by atoms with Crippen LogP contribution in [-0.2, 0) is 9.53 Å². The topological polar surface area (TPSA) is 62.9 Å². The van der Waals surface area contributed by atoms with Gasteiger partial charge in [0.05, 0.1) is 13.7 Å². The van der Waals surface area contributed by atoms with E-state index in [1.54, 1.807) is 18.2 Å². The van der Waals surface area contributed by atoms with E-state index >= 15 is 0 Å². The summed E-state index contributed by atoms with van der Waals surface area (Å²) in [5.74, 6) is -0.564. The molecule has 5 heteroatoms. The van der Waals surface area contributed by atoms with Crippen LogP contribution in [0.2, 0.25) is 0 Å². The minimum absolute atomic E-state index is 0.0308. The molecule has 0 bridgehead atoms. The summed E-state index contributed by atoms with van der Waals surface area (Å²) in [7, 11) is 1.37. The molecule has 0 radical (unpaired) electrons. The minimum Gasteiger partial charge on any atom is -0.519 e. The molecule has 0 fully saturated rings. The van der Waals surface area contributed by atoms with Crippen molar-refractivity contribution < 1.29 is 14.6 Å². The summed E-state index contributed by atoms with van der Waals surface area (Å²) >= 11 is 0. The van der Waals surface area contributed by atoms with Gasteiger partial charge in [0.1, 0.15) is 5.75 Å². The summed E-state index contributed by atoms with van der Waals surface area (Å²) in [6.45, 7) is 7.12. The zero-order valence-corrected chi connectivity index (χ0v) is 13.1. The number of carbonyl (C=O) groups is 1. The van der Waals surface area contributed by atoms with Crippen molar-refractivity contribution in [3.63, 3.8) is 0 Å². The van der Waals surface area contributed by atoms with Crippen LogP contribution in [0.25, 0.3) is 17.0 Å². The molecule has 0 aromatic heterocycles. The van der Waals surface area contributed by atoms with Gasteiger partial charge in [0.2, 0.25) is 5.69 Å². The van der Waals surface area contributed by atoms with Crippen LogP contribution in [0.5, 0.6) is 5.75 Å². The first-order valence-electron chi connectivity index (χ1n) is 7.13. The second-order valence-corrected chi connectivity index (χ2v) is 4.76.